The van der Waals surface area contributed by atoms with Gasteiger partial charge in [-0.05, 0) is 23.7 Å². The van der Waals surface area contributed by atoms with Crippen molar-refractivity contribution in [2.75, 3.05) is 7.11 Å². The third-order valence-electron chi connectivity index (χ3n) is 1.77. The second-order valence-corrected chi connectivity index (χ2v) is 3.97. The quantitative estimate of drug-likeness (QED) is 0.741. The molecule has 0 saturated carbocycles. The summed E-state index contributed by atoms with van der Waals surface area (Å²) in [4.78, 5) is 15.0. The molecule has 0 radical (unpaired) electrons. The zero-order chi connectivity index (χ0) is 10.1. The molecule has 0 amide bonds. The molecule has 2 rings (SSSR count). The number of hydrogen-bond acceptors (Lipinski definition) is 4. The lowest BCUT2D eigenvalue weighted by molar-refractivity contribution is 0.108. The molecule has 0 aliphatic rings. The number of nitrogens with zero attached hydrogens (tertiary/aromatic N) is 1. The number of para-hydroxylation sites is 1. The predicted molar refractivity (Wildman–Crippen MR) is 56.4 cm³/mol. The maximum absolute atomic E-state index is 10.9. The van der Waals surface area contributed by atoms with Gasteiger partial charge in [0.25, 0.3) is 5.24 Å². The second-order valence-electron chi connectivity index (χ2n) is 2.60. The number of carbonyl (C=O) groups excluding carboxylic acids is 1. The molecule has 0 unspecified atom stereocenters. The fraction of sp³-hybridized carbons (Fsp3) is 0.111. The van der Waals surface area contributed by atoms with Crippen LogP contribution in [0.15, 0.2) is 18.2 Å². The minimum absolute atomic E-state index is 0.297. The number of hydrogen-bond donors (Lipinski definition) is 0. The average Bonchev–Trinajstić information content (AvgIpc) is 2.60. The van der Waals surface area contributed by atoms with E-state index in [9.17, 15) is 4.79 Å². The van der Waals surface area contributed by atoms with Gasteiger partial charge in [-0.3, -0.25) is 4.79 Å². The van der Waals surface area contributed by atoms with Crippen molar-refractivity contribution in [3.63, 3.8) is 0 Å². The van der Waals surface area contributed by atoms with Crippen LogP contribution in [0.1, 0.15) is 9.80 Å². The molecule has 0 fully saturated rings. The van der Waals surface area contributed by atoms with E-state index in [4.69, 9.17) is 16.3 Å². The van der Waals surface area contributed by atoms with Crippen LogP contribution in [0.25, 0.3) is 10.2 Å². The Kier molecular flexibility index (Phi) is 2.39. The summed E-state index contributed by atoms with van der Waals surface area (Å²) in [5.41, 5.74) is 0.684. The minimum atomic E-state index is -0.534. The van der Waals surface area contributed by atoms with E-state index in [1.807, 2.05) is 12.1 Å². The van der Waals surface area contributed by atoms with Crippen molar-refractivity contribution < 1.29 is 9.53 Å². The molecular weight excluding hydrogens is 222 g/mol. The highest BCUT2D eigenvalue weighted by Crippen LogP contribution is 2.29. The lowest BCUT2D eigenvalue weighted by Crippen LogP contribution is -1.87. The zero-order valence-corrected chi connectivity index (χ0v) is 8.85. The van der Waals surface area contributed by atoms with Gasteiger partial charge in [-0.2, -0.15) is 0 Å². The summed E-state index contributed by atoms with van der Waals surface area (Å²) in [5.74, 6) is 0.655. The third kappa shape index (κ3) is 1.47. The predicted octanol–water partition coefficient (Wildman–Crippen LogP) is 2.68. The van der Waals surface area contributed by atoms with Crippen molar-refractivity contribution in [2.24, 2.45) is 0 Å². The molecule has 0 spiro atoms. The Hall–Kier alpha value is -1.13. The lowest BCUT2D eigenvalue weighted by Gasteiger charge is -1.97. The van der Waals surface area contributed by atoms with E-state index < -0.39 is 5.24 Å². The van der Waals surface area contributed by atoms with Crippen molar-refractivity contribution in [2.45, 2.75) is 0 Å². The monoisotopic (exact) mass is 227 g/mol. The number of carbonyl (C=O) groups is 1. The topological polar surface area (TPSA) is 39.2 Å². The number of rotatable bonds is 2. The Morgan fingerprint density at radius 2 is 2.36 bits per heavy atom. The third-order valence-corrected chi connectivity index (χ3v) is 3.08. The maximum atomic E-state index is 10.9. The van der Waals surface area contributed by atoms with Crippen LogP contribution < -0.4 is 4.74 Å². The van der Waals surface area contributed by atoms with Crippen LogP contribution in [0, 0.1) is 0 Å². The van der Waals surface area contributed by atoms with Gasteiger partial charge in [0.05, 0.1) is 11.8 Å². The average molecular weight is 228 g/mol. The second kappa shape index (κ2) is 3.55. The summed E-state index contributed by atoms with van der Waals surface area (Å²) < 4.78 is 6.01. The maximum Gasteiger partial charge on any atom is 0.281 e. The van der Waals surface area contributed by atoms with E-state index in [0.717, 1.165) is 4.70 Å². The highest BCUT2D eigenvalue weighted by molar-refractivity contribution is 7.21. The molecule has 0 saturated heterocycles. The molecule has 0 aliphatic carbocycles. The molecule has 1 aromatic heterocycles. The van der Waals surface area contributed by atoms with E-state index >= 15 is 0 Å². The number of halogens is 1. The van der Waals surface area contributed by atoms with Crippen molar-refractivity contribution in [3.8, 4) is 5.75 Å². The number of ether oxygens (including phenoxy) is 1. The van der Waals surface area contributed by atoms with Gasteiger partial charge in [-0.1, -0.05) is 6.07 Å². The van der Waals surface area contributed by atoms with Gasteiger partial charge in [0, 0.05) is 0 Å². The highest BCUT2D eigenvalue weighted by Gasteiger charge is 2.12. The van der Waals surface area contributed by atoms with Crippen LogP contribution in [-0.2, 0) is 0 Å². The summed E-state index contributed by atoms with van der Waals surface area (Å²) in [6.45, 7) is 0. The molecule has 1 heterocycles. The molecule has 0 aliphatic heterocycles. The molecule has 72 valence electrons. The highest BCUT2D eigenvalue weighted by atomic mass is 35.5. The van der Waals surface area contributed by atoms with Crippen LogP contribution in [0.4, 0.5) is 0 Å². The lowest BCUT2D eigenvalue weighted by atomic mass is 10.3. The first-order valence-electron chi connectivity index (χ1n) is 3.85. The van der Waals surface area contributed by atoms with Crippen molar-refractivity contribution in [3.05, 3.63) is 23.2 Å². The Labute approximate surface area is 89.3 Å². The van der Waals surface area contributed by atoms with E-state index in [1.54, 1.807) is 13.2 Å². The van der Waals surface area contributed by atoms with Gasteiger partial charge in [-0.15, -0.1) is 11.3 Å². The van der Waals surface area contributed by atoms with Crippen LogP contribution in [0.3, 0.4) is 0 Å². The van der Waals surface area contributed by atoms with E-state index in [0.29, 0.717) is 16.3 Å². The largest absolute Gasteiger partial charge is 0.494 e. The first-order chi connectivity index (χ1) is 6.72. The molecular formula is C9H6ClNO2S. The van der Waals surface area contributed by atoms with Gasteiger partial charge >= 0.3 is 0 Å². The first kappa shape index (κ1) is 9.43. The van der Waals surface area contributed by atoms with Crippen molar-refractivity contribution in [1.82, 2.24) is 4.98 Å². The standard InChI is InChI=1S/C9H6ClNO2S/c1-13-5-3-2-4-6-7(5)11-9(14-6)8(10)12/h2-4H,1H3. The molecule has 1 aromatic carbocycles. The van der Waals surface area contributed by atoms with Crippen LogP contribution in [0.2, 0.25) is 0 Å². The fourth-order valence-corrected chi connectivity index (χ4v) is 2.15. The van der Waals surface area contributed by atoms with Gasteiger partial charge in [-0.25, -0.2) is 4.98 Å². The number of aromatic nitrogens is 1. The van der Waals surface area contributed by atoms with Crippen molar-refractivity contribution in [1.29, 1.82) is 0 Å². The van der Waals surface area contributed by atoms with E-state index in [-0.39, 0.29) is 0 Å². The van der Waals surface area contributed by atoms with E-state index in [1.165, 1.54) is 11.3 Å². The molecule has 5 heteroatoms. The summed E-state index contributed by atoms with van der Waals surface area (Å²) >= 11 is 6.60. The van der Waals surface area contributed by atoms with Crippen LogP contribution in [0.5, 0.6) is 5.75 Å². The molecule has 2 aromatic rings. The summed E-state index contributed by atoms with van der Waals surface area (Å²) in [7, 11) is 1.57. The molecule has 0 N–H and O–H groups in total. The SMILES string of the molecule is COc1cccc2sc(C(=O)Cl)nc12. The normalized spacial score (nSPS) is 10.4. The van der Waals surface area contributed by atoms with Gasteiger partial charge in [0.15, 0.2) is 5.01 Å². The first-order valence-corrected chi connectivity index (χ1v) is 5.05. The van der Waals surface area contributed by atoms with Crippen LogP contribution >= 0.6 is 22.9 Å². The zero-order valence-electron chi connectivity index (χ0n) is 7.28. The van der Waals surface area contributed by atoms with E-state index in [2.05, 4.69) is 4.98 Å². The Morgan fingerprint density at radius 3 is 3.00 bits per heavy atom. The number of fused-ring (bicyclic) bond motifs is 1. The van der Waals surface area contributed by atoms with Gasteiger partial charge in [0.1, 0.15) is 11.3 Å². The molecule has 0 bridgehead atoms. The molecule has 14 heavy (non-hydrogen) atoms. The fourth-order valence-electron chi connectivity index (χ4n) is 1.17. The van der Waals surface area contributed by atoms with Gasteiger partial charge in [0.2, 0.25) is 0 Å². The van der Waals surface area contributed by atoms with Crippen molar-refractivity contribution >= 4 is 38.4 Å². The molecule has 0 atom stereocenters. The summed E-state index contributed by atoms with van der Waals surface area (Å²) in [6.07, 6.45) is 0. The Morgan fingerprint density at radius 1 is 1.57 bits per heavy atom. The summed E-state index contributed by atoms with van der Waals surface area (Å²) in [6, 6.07) is 5.52. The summed E-state index contributed by atoms with van der Waals surface area (Å²) in [5, 5.41) is -0.237. The number of methoxy groups -OCH3 is 1. The minimum Gasteiger partial charge on any atom is -0.494 e. The number of benzene rings is 1. The number of thiazole rings is 1. The molecule has 3 nitrogen and oxygen atoms in total. The van der Waals surface area contributed by atoms with Crippen LogP contribution in [-0.4, -0.2) is 17.3 Å². The Bertz CT molecular complexity index is 495. The van der Waals surface area contributed by atoms with Gasteiger partial charge < -0.3 is 4.74 Å². The smallest absolute Gasteiger partial charge is 0.281 e. The Balaban J connectivity index is 2.70.